The Kier molecular flexibility index (Phi) is 4.54. The summed E-state index contributed by atoms with van der Waals surface area (Å²) >= 11 is 3.55. The molecule has 1 saturated heterocycles. The van der Waals surface area contributed by atoms with Crippen LogP contribution in [0, 0.1) is 5.41 Å². The lowest BCUT2D eigenvalue weighted by atomic mass is 9.88. The number of carbonyl (C=O) groups excluding carboxylic acids is 1. The van der Waals surface area contributed by atoms with Gasteiger partial charge in [0.1, 0.15) is 6.29 Å². The Labute approximate surface area is 116 Å². The summed E-state index contributed by atoms with van der Waals surface area (Å²) in [6, 6.07) is 8.17. The third-order valence-electron chi connectivity index (χ3n) is 3.37. The van der Waals surface area contributed by atoms with Gasteiger partial charge in [0.15, 0.2) is 0 Å². The molecule has 1 aromatic rings. The van der Waals surface area contributed by atoms with Gasteiger partial charge in [-0.25, -0.2) is 0 Å². The highest BCUT2D eigenvalue weighted by atomic mass is 79.9. The molecule has 0 bridgehead atoms. The quantitative estimate of drug-likeness (QED) is 0.782. The van der Waals surface area contributed by atoms with Crippen LogP contribution in [0.15, 0.2) is 28.7 Å². The first kappa shape index (κ1) is 13.7. The second-order valence-electron chi connectivity index (χ2n) is 5.05. The van der Waals surface area contributed by atoms with Gasteiger partial charge in [-0.05, 0) is 25.1 Å². The molecule has 0 amide bonds. The summed E-state index contributed by atoms with van der Waals surface area (Å²) < 4.78 is 6.47. The molecular weight excluding hydrogens is 294 g/mol. The molecule has 1 atom stereocenters. The average Bonchev–Trinajstić information content (AvgIpc) is 2.81. The minimum absolute atomic E-state index is 0.310. The van der Waals surface area contributed by atoms with Crippen molar-refractivity contribution in [3.8, 4) is 0 Å². The van der Waals surface area contributed by atoms with Crippen molar-refractivity contribution >= 4 is 22.2 Å². The zero-order chi connectivity index (χ0) is 13.0. The first-order chi connectivity index (χ1) is 8.65. The van der Waals surface area contributed by atoms with E-state index in [1.165, 1.54) is 5.56 Å². The Hall–Kier alpha value is -0.710. The van der Waals surface area contributed by atoms with Gasteiger partial charge in [-0.3, -0.25) is 0 Å². The minimum atomic E-state index is -0.310. The van der Waals surface area contributed by atoms with Crippen molar-refractivity contribution < 1.29 is 9.53 Å². The fourth-order valence-corrected chi connectivity index (χ4v) is 2.80. The van der Waals surface area contributed by atoms with Gasteiger partial charge < -0.3 is 14.4 Å². The molecule has 3 nitrogen and oxygen atoms in total. The maximum Gasteiger partial charge on any atom is 0.129 e. The van der Waals surface area contributed by atoms with Crippen molar-refractivity contribution in [3.63, 3.8) is 0 Å². The van der Waals surface area contributed by atoms with Crippen LogP contribution in [0.1, 0.15) is 12.0 Å². The largest absolute Gasteiger partial charge is 0.380 e. The predicted octanol–water partition coefficient (Wildman–Crippen LogP) is 2.49. The number of halogens is 1. The van der Waals surface area contributed by atoms with Gasteiger partial charge in [0.05, 0.1) is 12.0 Å². The average molecular weight is 312 g/mol. The first-order valence-electron chi connectivity index (χ1n) is 6.11. The summed E-state index contributed by atoms with van der Waals surface area (Å²) in [5.41, 5.74) is 0.927. The van der Waals surface area contributed by atoms with Gasteiger partial charge >= 0.3 is 0 Å². The number of benzene rings is 1. The van der Waals surface area contributed by atoms with Gasteiger partial charge in [0, 0.05) is 24.2 Å². The summed E-state index contributed by atoms with van der Waals surface area (Å²) in [5, 5.41) is 0. The molecule has 0 spiro atoms. The summed E-state index contributed by atoms with van der Waals surface area (Å²) in [4.78, 5) is 13.5. The highest BCUT2D eigenvalue weighted by Crippen LogP contribution is 2.28. The van der Waals surface area contributed by atoms with E-state index in [9.17, 15) is 4.79 Å². The smallest absolute Gasteiger partial charge is 0.129 e. The summed E-state index contributed by atoms with van der Waals surface area (Å²) in [6.07, 6.45) is 1.90. The Bertz CT molecular complexity index is 416. The van der Waals surface area contributed by atoms with E-state index in [-0.39, 0.29) is 5.41 Å². The maximum absolute atomic E-state index is 11.3. The molecule has 1 unspecified atom stereocenters. The third kappa shape index (κ3) is 3.19. The van der Waals surface area contributed by atoms with Gasteiger partial charge in [-0.15, -0.1) is 0 Å². The van der Waals surface area contributed by atoms with E-state index in [0.717, 1.165) is 30.3 Å². The molecule has 0 saturated carbocycles. The molecule has 1 fully saturated rings. The Morgan fingerprint density at radius 2 is 2.28 bits per heavy atom. The monoisotopic (exact) mass is 311 g/mol. The van der Waals surface area contributed by atoms with Gasteiger partial charge in [-0.2, -0.15) is 0 Å². The van der Waals surface area contributed by atoms with E-state index in [4.69, 9.17) is 4.74 Å². The fourth-order valence-electron chi connectivity index (χ4n) is 2.39. The molecule has 1 aliphatic rings. The molecule has 4 heteroatoms. The summed E-state index contributed by atoms with van der Waals surface area (Å²) in [6.45, 7) is 2.83. The summed E-state index contributed by atoms with van der Waals surface area (Å²) in [5.74, 6) is 0. The van der Waals surface area contributed by atoms with Gasteiger partial charge in [0.25, 0.3) is 0 Å². The van der Waals surface area contributed by atoms with E-state index >= 15 is 0 Å². The number of rotatable bonds is 5. The molecule has 98 valence electrons. The molecule has 0 aromatic heterocycles. The van der Waals surface area contributed by atoms with Crippen LogP contribution in [0.25, 0.3) is 0 Å². The van der Waals surface area contributed by atoms with Crippen molar-refractivity contribution in [2.75, 3.05) is 26.8 Å². The van der Waals surface area contributed by atoms with Crippen LogP contribution in [-0.4, -0.2) is 38.0 Å². The number of hydrogen-bond acceptors (Lipinski definition) is 3. The Morgan fingerprint density at radius 3 is 2.89 bits per heavy atom. The highest BCUT2D eigenvalue weighted by Gasteiger charge is 2.35. The van der Waals surface area contributed by atoms with Crippen molar-refractivity contribution in [1.29, 1.82) is 0 Å². The van der Waals surface area contributed by atoms with Crippen molar-refractivity contribution in [2.24, 2.45) is 5.41 Å². The molecule has 1 heterocycles. The van der Waals surface area contributed by atoms with Crippen LogP contribution < -0.4 is 0 Å². The van der Waals surface area contributed by atoms with Crippen molar-refractivity contribution in [3.05, 3.63) is 34.3 Å². The van der Waals surface area contributed by atoms with E-state index in [1.54, 1.807) is 0 Å². The minimum Gasteiger partial charge on any atom is -0.380 e. The van der Waals surface area contributed by atoms with E-state index in [2.05, 4.69) is 26.9 Å². The standard InChI is InChI=1S/C14H18BrNO2/c1-16(8-12-4-2-3-5-13(12)15)9-14(10-17)6-7-18-11-14/h2-5,10H,6-9,11H2,1H3. The second kappa shape index (κ2) is 5.95. The van der Waals surface area contributed by atoms with Crippen LogP contribution in [-0.2, 0) is 16.1 Å². The molecule has 2 rings (SSSR count). The van der Waals surface area contributed by atoms with E-state index in [1.807, 2.05) is 25.2 Å². The van der Waals surface area contributed by atoms with Crippen molar-refractivity contribution in [2.45, 2.75) is 13.0 Å². The van der Waals surface area contributed by atoms with Crippen LogP contribution in [0.4, 0.5) is 0 Å². The van der Waals surface area contributed by atoms with Gasteiger partial charge in [0.2, 0.25) is 0 Å². The SMILES string of the molecule is CN(Cc1ccccc1Br)CC1(C=O)CCOC1. The zero-order valence-electron chi connectivity index (χ0n) is 10.6. The molecular formula is C14H18BrNO2. The van der Waals surface area contributed by atoms with Crippen molar-refractivity contribution in [1.82, 2.24) is 4.90 Å². The molecule has 0 radical (unpaired) electrons. The lowest BCUT2D eigenvalue weighted by Gasteiger charge is -2.27. The van der Waals surface area contributed by atoms with Gasteiger partial charge in [-0.1, -0.05) is 34.1 Å². The van der Waals surface area contributed by atoms with E-state index < -0.39 is 0 Å². The topological polar surface area (TPSA) is 29.5 Å². The van der Waals surface area contributed by atoms with Crippen LogP contribution in [0.5, 0.6) is 0 Å². The normalized spacial score (nSPS) is 23.5. The van der Waals surface area contributed by atoms with Crippen LogP contribution in [0.2, 0.25) is 0 Å². The number of ether oxygens (including phenoxy) is 1. The molecule has 1 aliphatic heterocycles. The molecule has 1 aromatic carbocycles. The van der Waals surface area contributed by atoms with Crippen LogP contribution >= 0.6 is 15.9 Å². The number of aldehydes is 1. The fraction of sp³-hybridized carbons (Fsp3) is 0.500. The van der Waals surface area contributed by atoms with Crippen LogP contribution in [0.3, 0.4) is 0 Å². The first-order valence-corrected chi connectivity index (χ1v) is 6.90. The second-order valence-corrected chi connectivity index (χ2v) is 5.90. The van der Waals surface area contributed by atoms with E-state index in [0.29, 0.717) is 13.2 Å². The zero-order valence-corrected chi connectivity index (χ0v) is 12.1. The number of hydrogen-bond donors (Lipinski definition) is 0. The third-order valence-corrected chi connectivity index (χ3v) is 4.14. The predicted molar refractivity (Wildman–Crippen MR) is 74.4 cm³/mol. The highest BCUT2D eigenvalue weighted by molar-refractivity contribution is 9.10. The number of carbonyl (C=O) groups is 1. The molecule has 0 aliphatic carbocycles. The Morgan fingerprint density at radius 1 is 1.50 bits per heavy atom. The lowest BCUT2D eigenvalue weighted by molar-refractivity contribution is -0.117. The molecule has 0 N–H and O–H groups in total. The molecule has 18 heavy (non-hydrogen) atoms. The lowest BCUT2D eigenvalue weighted by Crippen LogP contribution is -2.37. The number of nitrogens with zero attached hydrogens (tertiary/aromatic N) is 1. The summed E-state index contributed by atoms with van der Waals surface area (Å²) in [7, 11) is 2.04. The Balaban J connectivity index is 1.98. The maximum atomic E-state index is 11.3.